The fraction of sp³-hybridized carbons (Fsp3) is 0.471. The van der Waals surface area contributed by atoms with E-state index in [1.165, 1.54) is 11.4 Å². The second-order valence-corrected chi connectivity index (χ2v) is 5.94. The molecule has 1 saturated heterocycles. The van der Waals surface area contributed by atoms with E-state index in [9.17, 15) is 0 Å². The highest BCUT2D eigenvalue weighted by molar-refractivity contribution is 5.46. The summed E-state index contributed by atoms with van der Waals surface area (Å²) in [4.78, 5) is 9.47. The van der Waals surface area contributed by atoms with Crippen molar-refractivity contribution in [2.45, 2.75) is 13.0 Å². The summed E-state index contributed by atoms with van der Waals surface area (Å²) >= 11 is 0. The molecule has 0 radical (unpaired) electrons. The first-order valence-corrected chi connectivity index (χ1v) is 7.92. The van der Waals surface area contributed by atoms with Gasteiger partial charge in [-0.25, -0.2) is 4.98 Å². The van der Waals surface area contributed by atoms with Crippen LogP contribution in [0.3, 0.4) is 0 Å². The Balaban J connectivity index is 1.68. The second-order valence-electron chi connectivity index (χ2n) is 5.94. The number of imidazole rings is 1. The van der Waals surface area contributed by atoms with Crippen LogP contribution in [0.2, 0.25) is 0 Å². The normalized spacial score (nSPS) is 17.7. The minimum Gasteiger partial charge on any atom is -0.369 e. The third-order valence-corrected chi connectivity index (χ3v) is 4.69. The molecule has 1 aromatic heterocycles. The van der Waals surface area contributed by atoms with Gasteiger partial charge in [-0.2, -0.15) is 0 Å². The number of rotatable bonds is 4. The maximum Gasteiger partial charge on any atom is 0.0949 e. The van der Waals surface area contributed by atoms with Gasteiger partial charge in [-0.15, -0.1) is 0 Å². The maximum atomic E-state index is 6.06. The number of benzene rings is 1. The number of nitrogens with zero attached hydrogens (tertiary/aromatic N) is 4. The highest BCUT2D eigenvalue weighted by Crippen LogP contribution is 2.24. The van der Waals surface area contributed by atoms with Crippen molar-refractivity contribution in [3.8, 4) is 0 Å². The van der Waals surface area contributed by atoms with Crippen molar-refractivity contribution in [2.24, 2.45) is 12.8 Å². The SMILES string of the molecule is Cc1c(C(CN)N2CCN(c3ccccc3)CC2)ncn1C. The van der Waals surface area contributed by atoms with Gasteiger partial charge in [0.05, 0.1) is 18.1 Å². The summed E-state index contributed by atoms with van der Waals surface area (Å²) in [5.41, 5.74) is 9.69. The topological polar surface area (TPSA) is 50.3 Å². The van der Waals surface area contributed by atoms with E-state index in [4.69, 9.17) is 5.73 Å². The molecule has 2 aromatic rings. The third kappa shape index (κ3) is 2.87. The van der Waals surface area contributed by atoms with Gasteiger partial charge < -0.3 is 15.2 Å². The molecule has 1 unspecified atom stereocenters. The molecule has 1 aliphatic heterocycles. The number of para-hydroxylation sites is 1. The monoisotopic (exact) mass is 299 g/mol. The minimum atomic E-state index is 0.221. The Labute approximate surface area is 132 Å². The van der Waals surface area contributed by atoms with Crippen LogP contribution in [-0.2, 0) is 7.05 Å². The lowest BCUT2D eigenvalue weighted by molar-refractivity contribution is 0.186. The number of hydrogen-bond donors (Lipinski definition) is 1. The maximum absolute atomic E-state index is 6.06. The predicted molar refractivity (Wildman–Crippen MR) is 90.0 cm³/mol. The highest BCUT2D eigenvalue weighted by Gasteiger charge is 2.27. The quantitative estimate of drug-likeness (QED) is 0.930. The first-order valence-electron chi connectivity index (χ1n) is 7.92. The average molecular weight is 299 g/mol. The summed E-state index contributed by atoms with van der Waals surface area (Å²) in [6.45, 7) is 6.84. The first kappa shape index (κ1) is 15.1. The summed E-state index contributed by atoms with van der Waals surface area (Å²) in [6.07, 6.45) is 1.88. The van der Waals surface area contributed by atoms with Crippen molar-refractivity contribution < 1.29 is 0 Å². The number of nitrogens with two attached hydrogens (primary N) is 1. The van der Waals surface area contributed by atoms with Crippen LogP contribution in [0, 0.1) is 6.92 Å². The number of piperazine rings is 1. The summed E-state index contributed by atoms with van der Waals surface area (Å²) in [6, 6.07) is 10.8. The van der Waals surface area contributed by atoms with Crippen LogP contribution in [0.5, 0.6) is 0 Å². The van der Waals surface area contributed by atoms with Crippen LogP contribution in [0.1, 0.15) is 17.4 Å². The number of hydrogen-bond acceptors (Lipinski definition) is 4. The van der Waals surface area contributed by atoms with Gasteiger partial charge in [0, 0.05) is 51.2 Å². The molecule has 0 spiro atoms. The molecule has 1 aliphatic rings. The van der Waals surface area contributed by atoms with Crippen LogP contribution in [0.4, 0.5) is 5.69 Å². The lowest BCUT2D eigenvalue weighted by atomic mass is 10.1. The van der Waals surface area contributed by atoms with Gasteiger partial charge in [-0.05, 0) is 19.1 Å². The van der Waals surface area contributed by atoms with E-state index in [-0.39, 0.29) is 6.04 Å². The van der Waals surface area contributed by atoms with E-state index in [0.717, 1.165) is 31.9 Å². The molecule has 2 heterocycles. The van der Waals surface area contributed by atoms with Crippen molar-refractivity contribution >= 4 is 5.69 Å². The molecule has 22 heavy (non-hydrogen) atoms. The molecule has 1 fully saturated rings. The fourth-order valence-corrected chi connectivity index (χ4v) is 3.20. The van der Waals surface area contributed by atoms with Crippen LogP contribution >= 0.6 is 0 Å². The number of anilines is 1. The van der Waals surface area contributed by atoms with E-state index in [2.05, 4.69) is 56.6 Å². The van der Waals surface area contributed by atoms with Crippen molar-refractivity contribution in [3.63, 3.8) is 0 Å². The number of aryl methyl sites for hydroxylation is 1. The summed E-state index contributed by atoms with van der Waals surface area (Å²) in [5.74, 6) is 0. The van der Waals surface area contributed by atoms with Gasteiger partial charge in [0.25, 0.3) is 0 Å². The van der Waals surface area contributed by atoms with E-state index in [0.29, 0.717) is 6.54 Å². The van der Waals surface area contributed by atoms with E-state index in [1.54, 1.807) is 0 Å². The van der Waals surface area contributed by atoms with Gasteiger partial charge in [-0.1, -0.05) is 18.2 Å². The molecule has 0 aliphatic carbocycles. The van der Waals surface area contributed by atoms with Gasteiger partial charge in [0.1, 0.15) is 0 Å². The van der Waals surface area contributed by atoms with Crippen molar-refractivity contribution in [3.05, 3.63) is 48.0 Å². The lowest BCUT2D eigenvalue weighted by Gasteiger charge is -2.39. The summed E-state index contributed by atoms with van der Waals surface area (Å²) in [5, 5.41) is 0. The van der Waals surface area contributed by atoms with Crippen molar-refractivity contribution in [1.82, 2.24) is 14.5 Å². The van der Waals surface area contributed by atoms with Gasteiger partial charge >= 0.3 is 0 Å². The molecule has 118 valence electrons. The Morgan fingerprint density at radius 3 is 2.36 bits per heavy atom. The molecule has 0 amide bonds. The lowest BCUT2D eigenvalue weighted by Crippen LogP contribution is -2.49. The summed E-state index contributed by atoms with van der Waals surface area (Å²) in [7, 11) is 2.03. The first-order chi connectivity index (χ1) is 10.7. The Morgan fingerprint density at radius 2 is 1.82 bits per heavy atom. The van der Waals surface area contributed by atoms with Crippen LogP contribution in [0.25, 0.3) is 0 Å². The zero-order chi connectivity index (χ0) is 15.5. The smallest absolute Gasteiger partial charge is 0.0949 e. The average Bonchev–Trinajstić information content (AvgIpc) is 2.90. The Hall–Kier alpha value is -1.85. The van der Waals surface area contributed by atoms with E-state index >= 15 is 0 Å². The Morgan fingerprint density at radius 1 is 1.14 bits per heavy atom. The molecular weight excluding hydrogens is 274 g/mol. The molecule has 0 bridgehead atoms. The minimum absolute atomic E-state index is 0.221. The molecule has 2 N–H and O–H groups in total. The Bertz CT molecular complexity index is 599. The molecule has 0 saturated carbocycles. The zero-order valence-corrected chi connectivity index (χ0v) is 13.4. The highest BCUT2D eigenvalue weighted by atomic mass is 15.3. The van der Waals surface area contributed by atoms with Gasteiger partial charge in [0.2, 0.25) is 0 Å². The van der Waals surface area contributed by atoms with E-state index in [1.807, 2.05) is 13.4 Å². The molecule has 3 rings (SSSR count). The molecule has 5 heteroatoms. The van der Waals surface area contributed by atoms with Crippen LogP contribution in [0.15, 0.2) is 36.7 Å². The molecule has 1 aromatic carbocycles. The van der Waals surface area contributed by atoms with Crippen LogP contribution < -0.4 is 10.6 Å². The van der Waals surface area contributed by atoms with Gasteiger partial charge in [0.15, 0.2) is 0 Å². The summed E-state index contributed by atoms with van der Waals surface area (Å²) < 4.78 is 2.07. The van der Waals surface area contributed by atoms with E-state index < -0.39 is 0 Å². The second kappa shape index (κ2) is 6.50. The molecule has 5 nitrogen and oxygen atoms in total. The predicted octanol–water partition coefficient (Wildman–Crippen LogP) is 1.55. The zero-order valence-electron chi connectivity index (χ0n) is 13.4. The third-order valence-electron chi connectivity index (χ3n) is 4.69. The van der Waals surface area contributed by atoms with Gasteiger partial charge in [-0.3, -0.25) is 4.90 Å². The fourth-order valence-electron chi connectivity index (χ4n) is 3.20. The number of aromatic nitrogens is 2. The Kier molecular flexibility index (Phi) is 4.45. The van der Waals surface area contributed by atoms with Crippen LogP contribution in [-0.4, -0.2) is 47.2 Å². The largest absolute Gasteiger partial charge is 0.369 e. The molecule has 1 atom stereocenters. The van der Waals surface area contributed by atoms with Crippen molar-refractivity contribution in [2.75, 3.05) is 37.6 Å². The van der Waals surface area contributed by atoms with Crippen molar-refractivity contribution in [1.29, 1.82) is 0 Å². The standard InChI is InChI=1S/C17H25N5/c1-14-17(19-13-20(14)2)16(12-18)22-10-8-21(9-11-22)15-6-4-3-5-7-15/h3-7,13,16H,8-12,18H2,1-2H3. The molecular formula is C17H25N5.